The van der Waals surface area contributed by atoms with E-state index in [9.17, 15) is 13.6 Å². The van der Waals surface area contributed by atoms with Crippen molar-refractivity contribution in [2.24, 2.45) is 7.05 Å². The fourth-order valence-corrected chi connectivity index (χ4v) is 3.03. The highest BCUT2D eigenvalue weighted by Gasteiger charge is 2.28. The van der Waals surface area contributed by atoms with Crippen molar-refractivity contribution in [3.05, 3.63) is 52.3 Å². The highest BCUT2D eigenvalue weighted by molar-refractivity contribution is 5.84. The molecule has 2 atom stereocenters. The number of rotatable bonds is 4. The summed E-state index contributed by atoms with van der Waals surface area (Å²) in [4.78, 5) is 14.4. The van der Waals surface area contributed by atoms with Crippen molar-refractivity contribution in [2.75, 3.05) is 7.05 Å². The number of carbonyl (C=O) groups is 1. The van der Waals surface area contributed by atoms with E-state index >= 15 is 0 Å². The number of aromatic nitrogens is 2. The summed E-state index contributed by atoms with van der Waals surface area (Å²) in [5.41, 5.74) is 3.23. The molecule has 0 N–H and O–H groups in total. The first-order chi connectivity index (χ1) is 11.1. The van der Waals surface area contributed by atoms with Gasteiger partial charge in [-0.25, -0.2) is 8.78 Å². The molecule has 0 radical (unpaired) electrons. The van der Waals surface area contributed by atoms with E-state index in [1.165, 1.54) is 6.07 Å². The summed E-state index contributed by atoms with van der Waals surface area (Å²) in [6, 6.07) is 3.35. The smallest absolute Gasteiger partial charge is 0.230 e. The molecule has 0 saturated carbocycles. The zero-order valence-electron chi connectivity index (χ0n) is 14.9. The highest BCUT2D eigenvalue weighted by Crippen LogP contribution is 2.28. The number of amides is 1. The van der Waals surface area contributed by atoms with Crippen LogP contribution in [0.1, 0.15) is 48.3 Å². The maximum atomic E-state index is 13.4. The van der Waals surface area contributed by atoms with Crippen LogP contribution in [0.25, 0.3) is 0 Å². The number of nitrogens with zero attached hydrogens (tertiary/aromatic N) is 3. The lowest BCUT2D eigenvalue weighted by atomic mass is 9.96. The second-order valence-corrected chi connectivity index (χ2v) is 6.23. The normalized spacial score (nSPS) is 13.7. The molecule has 0 fully saturated rings. The third-order valence-electron chi connectivity index (χ3n) is 4.72. The predicted molar refractivity (Wildman–Crippen MR) is 88.6 cm³/mol. The van der Waals surface area contributed by atoms with Crippen LogP contribution in [0, 0.1) is 25.5 Å². The Morgan fingerprint density at radius 1 is 1.21 bits per heavy atom. The molecular formula is C18H23F2N3O. The predicted octanol–water partition coefficient (Wildman–Crippen LogP) is 3.64. The second-order valence-electron chi connectivity index (χ2n) is 6.23. The summed E-state index contributed by atoms with van der Waals surface area (Å²) >= 11 is 0. The first-order valence-corrected chi connectivity index (χ1v) is 7.86. The Hall–Kier alpha value is -2.24. The van der Waals surface area contributed by atoms with Crippen LogP contribution in [0.4, 0.5) is 8.78 Å². The van der Waals surface area contributed by atoms with Crippen molar-refractivity contribution >= 4 is 5.91 Å². The Morgan fingerprint density at radius 3 is 2.33 bits per heavy atom. The summed E-state index contributed by atoms with van der Waals surface area (Å²) in [7, 11) is 3.52. The Morgan fingerprint density at radius 2 is 1.83 bits per heavy atom. The van der Waals surface area contributed by atoms with E-state index in [-0.39, 0.29) is 17.9 Å². The monoisotopic (exact) mass is 335 g/mol. The lowest BCUT2D eigenvalue weighted by molar-refractivity contribution is -0.133. The quantitative estimate of drug-likeness (QED) is 0.855. The van der Waals surface area contributed by atoms with Gasteiger partial charge in [-0.05, 0) is 45.4 Å². The molecule has 1 amide bonds. The van der Waals surface area contributed by atoms with Crippen LogP contribution in [-0.2, 0) is 11.8 Å². The average molecular weight is 335 g/mol. The van der Waals surface area contributed by atoms with E-state index in [1.807, 2.05) is 27.8 Å². The number of hydrogen-bond acceptors (Lipinski definition) is 2. The van der Waals surface area contributed by atoms with Gasteiger partial charge in [-0.1, -0.05) is 6.07 Å². The van der Waals surface area contributed by atoms with Crippen LogP contribution < -0.4 is 0 Å². The standard InChI is InChI=1S/C18H23F2N3O/c1-10(17-11(2)21-23(6)13(17)4)18(24)22(5)12(3)14-7-8-15(19)16(20)9-14/h7-10,12H,1-6H3/t10-,12+/m1/s1. The molecular weight excluding hydrogens is 312 g/mol. The summed E-state index contributed by atoms with van der Waals surface area (Å²) in [6.07, 6.45) is 0. The topological polar surface area (TPSA) is 38.1 Å². The second kappa shape index (κ2) is 6.71. The Balaban J connectivity index is 2.26. The minimum absolute atomic E-state index is 0.0913. The number of aryl methyl sites for hydroxylation is 2. The molecule has 0 aliphatic rings. The van der Waals surface area contributed by atoms with Gasteiger partial charge in [-0.2, -0.15) is 5.10 Å². The van der Waals surface area contributed by atoms with Gasteiger partial charge in [0.2, 0.25) is 5.91 Å². The van der Waals surface area contributed by atoms with Crippen LogP contribution in [-0.4, -0.2) is 27.6 Å². The molecule has 1 aromatic carbocycles. The molecule has 2 rings (SSSR count). The summed E-state index contributed by atoms with van der Waals surface area (Å²) in [5.74, 6) is -2.26. The third kappa shape index (κ3) is 3.18. The van der Waals surface area contributed by atoms with Crippen molar-refractivity contribution in [1.29, 1.82) is 0 Å². The molecule has 0 aliphatic heterocycles. The lowest BCUT2D eigenvalue weighted by Gasteiger charge is -2.28. The van der Waals surface area contributed by atoms with Crippen molar-refractivity contribution in [2.45, 2.75) is 39.7 Å². The zero-order chi connectivity index (χ0) is 18.2. The van der Waals surface area contributed by atoms with Crippen LogP contribution in [0.15, 0.2) is 18.2 Å². The van der Waals surface area contributed by atoms with Crippen LogP contribution in [0.3, 0.4) is 0 Å². The van der Waals surface area contributed by atoms with E-state index in [1.54, 1.807) is 23.6 Å². The summed E-state index contributed by atoms with van der Waals surface area (Å²) < 4.78 is 28.3. The molecule has 0 bridgehead atoms. The largest absolute Gasteiger partial charge is 0.338 e. The maximum Gasteiger partial charge on any atom is 0.230 e. The number of likely N-dealkylation sites (N-methyl/N-ethyl adjacent to an activating group) is 1. The third-order valence-corrected chi connectivity index (χ3v) is 4.72. The number of benzene rings is 1. The highest BCUT2D eigenvalue weighted by atomic mass is 19.2. The van der Waals surface area contributed by atoms with E-state index in [4.69, 9.17) is 0 Å². The molecule has 0 unspecified atom stereocenters. The van der Waals surface area contributed by atoms with E-state index in [0.29, 0.717) is 5.56 Å². The maximum absolute atomic E-state index is 13.4. The average Bonchev–Trinajstić information content (AvgIpc) is 2.79. The zero-order valence-corrected chi connectivity index (χ0v) is 14.9. The molecule has 24 heavy (non-hydrogen) atoms. The van der Waals surface area contributed by atoms with Crippen LogP contribution in [0.2, 0.25) is 0 Å². The van der Waals surface area contributed by atoms with Gasteiger partial charge in [-0.3, -0.25) is 9.48 Å². The van der Waals surface area contributed by atoms with Gasteiger partial charge in [0.25, 0.3) is 0 Å². The molecule has 0 spiro atoms. The Labute approximate surface area is 141 Å². The molecule has 1 aromatic heterocycles. The lowest BCUT2D eigenvalue weighted by Crippen LogP contribution is -2.33. The molecule has 4 nitrogen and oxygen atoms in total. The van der Waals surface area contributed by atoms with Crippen molar-refractivity contribution in [3.8, 4) is 0 Å². The fraction of sp³-hybridized carbons (Fsp3) is 0.444. The van der Waals surface area contributed by atoms with Gasteiger partial charge in [0.05, 0.1) is 17.7 Å². The van der Waals surface area contributed by atoms with Gasteiger partial charge in [0.1, 0.15) is 0 Å². The van der Waals surface area contributed by atoms with Gasteiger partial charge in [-0.15, -0.1) is 0 Å². The SMILES string of the molecule is Cc1nn(C)c(C)c1[C@@H](C)C(=O)N(C)[C@@H](C)c1ccc(F)c(F)c1. The Kier molecular flexibility index (Phi) is 5.06. The summed E-state index contributed by atoms with van der Waals surface area (Å²) in [6.45, 7) is 7.44. The molecule has 130 valence electrons. The summed E-state index contributed by atoms with van der Waals surface area (Å²) in [5, 5.41) is 4.35. The first kappa shape index (κ1) is 18.1. The number of halogens is 2. The van der Waals surface area contributed by atoms with Crippen molar-refractivity contribution in [3.63, 3.8) is 0 Å². The van der Waals surface area contributed by atoms with Gasteiger partial charge in [0.15, 0.2) is 11.6 Å². The molecule has 1 heterocycles. The molecule has 0 saturated heterocycles. The van der Waals surface area contributed by atoms with Crippen LogP contribution >= 0.6 is 0 Å². The molecule has 2 aromatic rings. The number of hydrogen-bond donors (Lipinski definition) is 0. The van der Waals surface area contributed by atoms with E-state index in [0.717, 1.165) is 29.1 Å². The van der Waals surface area contributed by atoms with Gasteiger partial charge < -0.3 is 4.90 Å². The first-order valence-electron chi connectivity index (χ1n) is 7.86. The van der Waals surface area contributed by atoms with Gasteiger partial charge in [0, 0.05) is 25.4 Å². The van der Waals surface area contributed by atoms with Gasteiger partial charge >= 0.3 is 0 Å². The molecule has 0 aliphatic carbocycles. The van der Waals surface area contributed by atoms with E-state index < -0.39 is 11.6 Å². The van der Waals surface area contributed by atoms with Crippen molar-refractivity contribution < 1.29 is 13.6 Å². The number of carbonyl (C=O) groups excluding carboxylic acids is 1. The fourth-order valence-electron chi connectivity index (χ4n) is 3.03. The molecule has 6 heteroatoms. The van der Waals surface area contributed by atoms with Crippen molar-refractivity contribution in [1.82, 2.24) is 14.7 Å². The Bertz CT molecular complexity index is 770. The van der Waals surface area contributed by atoms with Crippen LogP contribution in [0.5, 0.6) is 0 Å². The minimum Gasteiger partial charge on any atom is -0.338 e. The van der Waals surface area contributed by atoms with E-state index in [2.05, 4.69) is 5.10 Å². The minimum atomic E-state index is -0.910.